The molecule has 13 heteroatoms. The van der Waals surface area contributed by atoms with Crippen LogP contribution in [0, 0.1) is 23.7 Å². The lowest BCUT2D eigenvalue weighted by Crippen LogP contribution is -2.59. The number of benzene rings is 2. The molecule has 0 radical (unpaired) electrons. The average Bonchev–Trinajstić information content (AvgIpc) is 3.55. The molecule has 312 valence electrons. The van der Waals surface area contributed by atoms with Crippen molar-refractivity contribution in [2.75, 3.05) is 48.5 Å². The summed E-state index contributed by atoms with van der Waals surface area (Å²) in [5.41, 5.74) is 6.95. The first kappa shape index (κ1) is 46.5. The minimum Gasteiger partial charge on any atom is -0.379 e. The molecule has 0 spiro atoms. The first-order chi connectivity index (χ1) is 26.4. The Morgan fingerprint density at radius 2 is 1.54 bits per heavy atom. The van der Waals surface area contributed by atoms with E-state index < -0.39 is 42.3 Å². The number of likely N-dealkylation sites (N-methyl/N-ethyl adjacent to an activating group) is 2. The lowest BCUT2D eigenvalue weighted by Gasteiger charge is -2.41. The standard InChI is InChI=1S/C43H68N6O7/c1-13-27(6)39(48(10)43(54)37(25(2)3)46-42(53)38(26(4)5)47(8)9)35(55-11)22-36(51)49-24-32(44)21-33(49)40(56-12)28(7)41(52)45-23-34(50)31-19-18-29-16-14-15-17-30(29)20-31/h14-20,25-28,32-33,35,37-40H,13,21-24,44H2,1-12H3,(H,45,52)(H,46,53)/t27-,28+,32-,33-,35+,37-,38-,39?,40+/m0/s1. The Balaban J connectivity index is 1.77. The molecule has 9 atom stereocenters. The number of fused-ring (bicyclic) bond motifs is 1. The van der Waals surface area contributed by atoms with Crippen molar-refractivity contribution in [3.05, 3.63) is 48.0 Å². The Morgan fingerprint density at radius 1 is 0.893 bits per heavy atom. The van der Waals surface area contributed by atoms with Gasteiger partial charge in [-0.15, -0.1) is 0 Å². The minimum absolute atomic E-state index is 0.0326. The van der Waals surface area contributed by atoms with Crippen LogP contribution in [0.1, 0.15) is 78.1 Å². The summed E-state index contributed by atoms with van der Waals surface area (Å²) in [7, 11) is 8.45. The molecule has 56 heavy (non-hydrogen) atoms. The fraction of sp³-hybridized carbons (Fsp3) is 0.651. The number of nitrogens with zero attached hydrogens (tertiary/aromatic N) is 3. The second kappa shape index (κ2) is 21.0. The number of nitrogens with two attached hydrogens (primary N) is 1. The van der Waals surface area contributed by atoms with Gasteiger partial charge in [0.2, 0.25) is 23.6 Å². The maximum Gasteiger partial charge on any atom is 0.245 e. The van der Waals surface area contributed by atoms with Crippen LogP contribution in [-0.4, -0.2) is 135 Å². The Labute approximate surface area is 334 Å². The van der Waals surface area contributed by atoms with Crippen LogP contribution in [0.2, 0.25) is 0 Å². The molecule has 0 saturated carbocycles. The van der Waals surface area contributed by atoms with Crippen molar-refractivity contribution >= 4 is 40.2 Å². The maximum absolute atomic E-state index is 14.3. The molecule has 0 bridgehead atoms. The Kier molecular flexibility index (Phi) is 17.4. The van der Waals surface area contributed by atoms with Gasteiger partial charge in [-0.25, -0.2) is 0 Å². The molecule has 1 aliphatic rings. The van der Waals surface area contributed by atoms with Gasteiger partial charge in [0.05, 0.1) is 49.2 Å². The highest BCUT2D eigenvalue weighted by Crippen LogP contribution is 2.29. The van der Waals surface area contributed by atoms with Crippen molar-refractivity contribution in [1.82, 2.24) is 25.3 Å². The van der Waals surface area contributed by atoms with Crippen LogP contribution in [-0.2, 0) is 28.7 Å². The molecule has 1 saturated heterocycles. The maximum atomic E-state index is 14.3. The van der Waals surface area contributed by atoms with Gasteiger partial charge in [-0.2, -0.15) is 0 Å². The molecule has 0 aromatic heterocycles. The predicted octanol–water partition coefficient (Wildman–Crippen LogP) is 3.72. The van der Waals surface area contributed by atoms with Crippen molar-refractivity contribution in [1.29, 1.82) is 0 Å². The average molecular weight is 781 g/mol. The molecule has 3 rings (SSSR count). The molecule has 1 unspecified atom stereocenters. The number of ether oxygens (including phenoxy) is 2. The zero-order chi connectivity index (χ0) is 42.0. The number of likely N-dealkylation sites (tertiary alicyclic amines) is 1. The quantitative estimate of drug-likeness (QED) is 0.170. The molecule has 2 aromatic rings. The minimum atomic E-state index is -0.785. The van der Waals surface area contributed by atoms with Gasteiger partial charge in [0.1, 0.15) is 6.04 Å². The summed E-state index contributed by atoms with van der Waals surface area (Å²) in [5, 5.41) is 7.76. The lowest BCUT2D eigenvalue weighted by molar-refractivity contribution is -0.148. The van der Waals surface area contributed by atoms with Gasteiger partial charge < -0.3 is 35.6 Å². The fourth-order valence-corrected chi connectivity index (χ4v) is 8.26. The molecule has 2 aromatic carbocycles. The molecule has 1 fully saturated rings. The third-order valence-corrected chi connectivity index (χ3v) is 11.5. The highest BCUT2D eigenvalue weighted by molar-refractivity contribution is 6.02. The Morgan fingerprint density at radius 3 is 2.09 bits per heavy atom. The number of Topliss-reactive ketones (excluding diaryl/α,β-unsaturated/α-hetero) is 1. The zero-order valence-electron chi connectivity index (χ0n) is 35.7. The van der Waals surface area contributed by atoms with Crippen molar-refractivity contribution in [2.24, 2.45) is 29.4 Å². The number of hydrogen-bond acceptors (Lipinski definition) is 9. The van der Waals surface area contributed by atoms with E-state index in [4.69, 9.17) is 15.2 Å². The van der Waals surface area contributed by atoms with Crippen LogP contribution >= 0.6 is 0 Å². The van der Waals surface area contributed by atoms with Crippen molar-refractivity contribution < 1.29 is 33.4 Å². The number of hydrogen-bond donors (Lipinski definition) is 3. The van der Waals surface area contributed by atoms with Crippen molar-refractivity contribution in [2.45, 2.75) is 110 Å². The summed E-state index contributed by atoms with van der Waals surface area (Å²) in [4.78, 5) is 73.7. The van der Waals surface area contributed by atoms with Gasteiger partial charge in [-0.05, 0) is 55.1 Å². The van der Waals surface area contributed by atoms with Crippen LogP contribution < -0.4 is 16.4 Å². The summed E-state index contributed by atoms with van der Waals surface area (Å²) >= 11 is 0. The summed E-state index contributed by atoms with van der Waals surface area (Å²) in [6.45, 7) is 13.6. The zero-order valence-corrected chi connectivity index (χ0v) is 35.7. The molecular weight excluding hydrogens is 713 g/mol. The number of carbonyl (C=O) groups is 5. The number of carbonyl (C=O) groups excluding carboxylic acids is 5. The summed E-state index contributed by atoms with van der Waals surface area (Å²) < 4.78 is 11.9. The first-order valence-electron chi connectivity index (χ1n) is 20.0. The van der Waals surface area contributed by atoms with E-state index in [-0.39, 0.29) is 72.7 Å². The van der Waals surface area contributed by atoms with Crippen molar-refractivity contribution in [3.63, 3.8) is 0 Å². The van der Waals surface area contributed by atoms with Crippen molar-refractivity contribution in [3.8, 4) is 0 Å². The number of nitrogens with one attached hydrogen (secondary N) is 2. The monoisotopic (exact) mass is 781 g/mol. The van der Waals surface area contributed by atoms with Gasteiger partial charge in [0, 0.05) is 39.4 Å². The smallest absolute Gasteiger partial charge is 0.245 e. The summed E-state index contributed by atoms with van der Waals surface area (Å²) in [5.74, 6) is -2.22. The van der Waals surface area contributed by atoms with Crippen LogP contribution in [0.3, 0.4) is 0 Å². The van der Waals surface area contributed by atoms with Crippen LogP contribution in [0.5, 0.6) is 0 Å². The van der Waals surface area contributed by atoms with Crippen LogP contribution in [0.15, 0.2) is 42.5 Å². The molecular formula is C43H68N6O7. The second-order valence-corrected chi connectivity index (χ2v) is 16.5. The van der Waals surface area contributed by atoms with Gasteiger partial charge in [0.25, 0.3) is 0 Å². The van der Waals surface area contributed by atoms with E-state index >= 15 is 0 Å². The lowest BCUT2D eigenvalue weighted by atomic mass is 9.89. The first-order valence-corrected chi connectivity index (χ1v) is 20.0. The normalized spacial score (nSPS) is 19.7. The van der Waals surface area contributed by atoms with Gasteiger partial charge >= 0.3 is 0 Å². The Bertz CT molecular complexity index is 1640. The highest BCUT2D eigenvalue weighted by atomic mass is 16.5. The predicted molar refractivity (Wildman–Crippen MR) is 220 cm³/mol. The molecule has 13 nitrogen and oxygen atoms in total. The molecule has 0 aliphatic carbocycles. The van der Waals surface area contributed by atoms with E-state index in [1.54, 1.807) is 29.8 Å². The molecule has 1 aliphatic heterocycles. The topological polar surface area (TPSA) is 164 Å². The van der Waals surface area contributed by atoms with E-state index in [9.17, 15) is 24.0 Å². The number of ketones is 1. The Hall–Kier alpha value is -3.91. The SMILES string of the molecule is CC[C@H](C)C([C@@H](CC(=O)N1C[C@@H](N)C[C@H]1[C@H](OC)[C@@H](C)C(=O)NCC(=O)c1ccc2ccccc2c1)OC)N(C)C(=O)[C@@H](NC(=O)[C@H](C(C)C)N(C)C)C(C)C. The molecule has 4 N–H and O–H groups in total. The van der Waals surface area contributed by atoms with E-state index in [0.29, 0.717) is 18.4 Å². The van der Waals surface area contributed by atoms with Gasteiger partial charge in [0.15, 0.2) is 5.78 Å². The van der Waals surface area contributed by atoms with Crippen LogP contribution in [0.4, 0.5) is 0 Å². The number of amides is 4. The van der Waals surface area contributed by atoms with E-state index in [0.717, 1.165) is 10.8 Å². The molecule has 1 heterocycles. The molecule has 4 amide bonds. The third kappa shape index (κ3) is 11.4. The largest absolute Gasteiger partial charge is 0.379 e. The summed E-state index contributed by atoms with van der Waals surface area (Å²) in [6.07, 6.45) is -0.294. The number of methoxy groups -OCH3 is 2. The summed E-state index contributed by atoms with van der Waals surface area (Å²) in [6, 6.07) is 10.7. The van der Waals surface area contributed by atoms with Gasteiger partial charge in [-0.3, -0.25) is 28.9 Å². The van der Waals surface area contributed by atoms with E-state index in [1.807, 2.05) is 96.9 Å². The van der Waals surface area contributed by atoms with E-state index in [1.165, 1.54) is 14.2 Å². The highest BCUT2D eigenvalue weighted by Gasteiger charge is 2.45. The fourth-order valence-electron chi connectivity index (χ4n) is 8.26. The van der Waals surface area contributed by atoms with Gasteiger partial charge in [-0.1, -0.05) is 91.3 Å². The second-order valence-electron chi connectivity index (χ2n) is 16.5. The van der Waals surface area contributed by atoms with Crippen LogP contribution in [0.25, 0.3) is 10.8 Å². The van der Waals surface area contributed by atoms with E-state index in [2.05, 4.69) is 10.6 Å². The number of rotatable bonds is 20. The third-order valence-electron chi connectivity index (χ3n) is 11.5.